The molecule has 1 saturated heterocycles. The van der Waals surface area contributed by atoms with Crippen molar-refractivity contribution < 1.29 is 17.6 Å². The van der Waals surface area contributed by atoms with E-state index in [0.717, 1.165) is 43.1 Å². The number of hydrogen-bond acceptors (Lipinski definition) is 5. The minimum atomic E-state index is -4.42. The van der Waals surface area contributed by atoms with E-state index in [-0.39, 0.29) is 24.0 Å². The second-order valence-corrected chi connectivity index (χ2v) is 9.24. The maximum atomic E-state index is 14.5. The first-order valence-electron chi connectivity index (χ1n) is 11.8. The number of alkyl halides is 3. The first-order chi connectivity index (χ1) is 16.8. The van der Waals surface area contributed by atoms with Crippen molar-refractivity contribution in [2.24, 2.45) is 0 Å². The van der Waals surface area contributed by atoms with Crippen molar-refractivity contribution in [2.75, 3.05) is 29.6 Å². The molecular formula is C26H27F4N5. The molecule has 0 unspecified atom stereocenters. The Morgan fingerprint density at radius 1 is 1.00 bits per heavy atom. The number of aromatic nitrogens is 2. The summed E-state index contributed by atoms with van der Waals surface area (Å²) < 4.78 is 55.3. The van der Waals surface area contributed by atoms with E-state index < -0.39 is 11.7 Å². The van der Waals surface area contributed by atoms with Gasteiger partial charge < -0.3 is 9.80 Å². The van der Waals surface area contributed by atoms with Gasteiger partial charge in [-0.2, -0.15) is 18.3 Å². The standard InChI is InChI=1S/C26H27F4N5/c1-18-5-4-8-23(27)24(18)33-13-10-21(11-14-33)34-16-20-9-12-31-32-25(20)35(17-34)15-19-6-2-3-7-22(19)26(28,29)30/h2-9,12,21H,10-11,13-17H2,1H3. The zero-order valence-electron chi connectivity index (χ0n) is 19.5. The second kappa shape index (κ2) is 9.45. The molecule has 1 aromatic heterocycles. The zero-order chi connectivity index (χ0) is 24.6. The maximum absolute atomic E-state index is 14.5. The number of fused-ring (bicyclic) bond motifs is 1. The van der Waals surface area contributed by atoms with Crippen molar-refractivity contribution in [3.8, 4) is 0 Å². The Kier molecular flexibility index (Phi) is 6.35. The van der Waals surface area contributed by atoms with Gasteiger partial charge in [-0.05, 0) is 49.1 Å². The Balaban J connectivity index is 1.35. The van der Waals surface area contributed by atoms with Gasteiger partial charge in [0.2, 0.25) is 0 Å². The number of nitrogens with zero attached hydrogens (tertiary/aromatic N) is 5. The van der Waals surface area contributed by atoms with Gasteiger partial charge in [-0.15, -0.1) is 5.10 Å². The molecule has 0 bridgehead atoms. The van der Waals surface area contributed by atoms with Crippen molar-refractivity contribution in [1.29, 1.82) is 0 Å². The number of halogens is 4. The van der Waals surface area contributed by atoms with Gasteiger partial charge in [0.05, 0.1) is 24.1 Å². The summed E-state index contributed by atoms with van der Waals surface area (Å²) in [5.74, 6) is 0.420. The van der Waals surface area contributed by atoms with E-state index in [9.17, 15) is 17.6 Å². The molecule has 2 aliphatic heterocycles. The maximum Gasteiger partial charge on any atom is 0.416 e. The lowest BCUT2D eigenvalue weighted by Gasteiger charge is -2.44. The molecule has 0 spiro atoms. The summed E-state index contributed by atoms with van der Waals surface area (Å²) in [7, 11) is 0. The highest BCUT2D eigenvalue weighted by Gasteiger charge is 2.35. The number of benzene rings is 2. The van der Waals surface area contributed by atoms with E-state index in [4.69, 9.17) is 0 Å². The summed E-state index contributed by atoms with van der Waals surface area (Å²) in [6.45, 7) is 4.57. The molecule has 184 valence electrons. The summed E-state index contributed by atoms with van der Waals surface area (Å²) in [4.78, 5) is 6.28. The lowest BCUT2D eigenvalue weighted by molar-refractivity contribution is -0.138. The SMILES string of the molecule is Cc1cccc(F)c1N1CCC(N2Cc3ccnnc3N(Cc3ccccc3C(F)(F)F)C2)CC1. The Morgan fingerprint density at radius 2 is 1.77 bits per heavy atom. The van der Waals surface area contributed by atoms with Gasteiger partial charge in [0.15, 0.2) is 5.82 Å². The third-order valence-corrected chi connectivity index (χ3v) is 6.98. The lowest BCUT2D eigenvalue weighted by atomic mass is 10.00. The van der Waals surface area contributed by atoms with Crippen LogP contribution >= 0.6 is 0 Å². The van der Waals surface area contributed by atoms with E-state index in [0.29, 0.717) is 24.7 Å². The molecule has 0 aliphatic carbocycles. The molecule has 35 heavy (non-hydrogen) atoms. The van der Waals surface area contributed by atoms with Gasteiger partial charge in [-0.25, -0.2) is 4.39 Å². The highest BCUT2D eigenvalue weighted by Crippen LogP contribution is 2.35. The van der Waals surface area contributed by atoms with Crippen LogP contribution < -0.4 is 9.80 Å². The quantitative estimate of drug-likeness (QED) is 0.463. The molecule has 1 fully saturated rings. The van der Waals surface area contributed by atoms with Gasteiger partial charge >= 0.3 is 6.18 Å². The van der Waals surface area contributed by atoms with Gasteiger partial charge in [0.1, 0.15) is 5.82 Å². The van der Waals surface area contributed by atoms with E-state index in [1.54, 1.807) is 18.3 Å². The molecule has 5 rings (SSSR count). The Morgan fingerprint density at radius 3 is 2.51 bits per heavy atom. The van der Waals surface area contributed by atoms with Gasteiger partial charge in [-0.1, -0.05) is 30.3 Å². The molecule has 0 amide bonds. The molecule has 3 aromatic rings. The van der Waals surface area contributed by atoms with Crippen LogP contribution in [0, 0.1) is 12.7 Å². The fraction of sp³-hybridized carbons (Fsp3) is 0.385. The van der Waals surface area contributed by atoms with Crippen molar-refractivity contribution in [2.45, 2.75) is 45.1 Å². The van der Waals surface area contributed by atoms with Crippen LogP contribution in [0.15, 0.2) is 54.7 Å². The number of anilines is 2. The van der Waals surface area contributed by atoms with Crippen LogP contribution in [0.25, 0.3) is 0 Å². The molecule has 0 N–H and O–H groups in total. The summed E-state index contributed by atoms with van der Waals surface area (Å²) in [5.41, 5.74) is 2.11. The number of piperidine rings is 1. The average Bonchev–Trinajstić information content (AvgIpc) is 2.84. The van der Waals surface area contributed by atoms with Crippen molar-refractivity contribution >= 4 is 11.5 Å². The monoisotopic (exact) mass is 485 g/mol. The number of para-hydroxylation sites is 1. The lowest BCUT2D eigenvalue weighted by Crippen LogP contribution is -2.51. The van der Waals surface area contributed by atoms with Crippen LogP contribution in [0.3, 0.4) is 0 Å². The van der Waals surface area contributed by atoms with Crippen molar-refractivity contribution in [3.05, 3.63) is 82.8 Å². The first-order valence-corrected chi connectivity index (χ1v) is 11.8. The average molecular weight is 486 g/mol. The van der Waals surface area contributed by atoms with Crippen molar-refractivity contribution in [3.63, 3.8) is 0 Å². The Bertz CT molecular complexity index is 1170. The molecular weight excluding hydrogens is 458 g/mol. The molecule has 9 heteroatoms. The predicted molar refractivity (Wildman–Crippen MR) is 126 cm³/mol. The smallest absolute Gasteiger partial charge is 0.369 e. The number of aryl methyl sites for hydroxylation is 1. The van der Waals surface area contributed by atoms with E-state index >= 15 is 0 Å². The topological polar surface area (TPSA) is 35.5 Å². The molecule has 5 nitrogen and oxygen atoms in total. The zero-order valence-corrected chi connectivity index (χ0v) is 19.5. The van der Waals surface area contributed by atoms with Gasteiger partial charge in [-0.3, -0.25) is 4.90 Å². The molecule has 0 saturated carbocycles. The molecule has 2 aromatic carbocycles. The third-order valence-electron chi connectivity index (χ3n) is 6.98. The van der Waals surface area contributed by atoms with Crippen LogP contribution in [0.5, 0.6) is 0 Å². The van der Waals surface area contributed by atoms with E-state index in [2.05, 4.69) is 20.0 Å². The minimum Gasteiger partial charge on any atom is -0.369 e. The van der Waals surface area contributed by atoms with Crippen LogP contribution in [-0.2, 0) is 19.3 Å². The highest BCUT2D eigenvalue weighted by atomic mass is 19.4. The predicted octanol–water partition coefficient (Wildman–Crippen LogP) is 5.39. The normalized spacial score (nSPS) is 17.5. The number of hydrogen-bond donors (Lipinski definition) is 0. The molecule has 3 heterocycles. The fourth-order valence-electron chi connectivity index (χ4n) is 5.28. The second-order valence-electron chi connectivity index (χ2n) is 9.24. The van der Waals surface area contributed by atoms with Crippen molar-refractivity contribution in [1.82, 2.24) is 15.1 Å². The molecule has 0 atom stereocenters. The summed E-state index contributed by atoms with van der Waals surface area (Å²) in [6.07, 6.45) is -1.12. The summed E-state index contributed by atoms with van der Waals surface area (Å²) in [5, 5.41) is 8.24. The van der Waals surface area contributed by atoms with E-state index in [1.807, 2.05) is 24.0 Å². The minimum absolute atomic E-state index is 0.0884. The molecule has 2 aliphatic rings. The van der Waals surface area contributed by atoms with Crippen LogP contribution in [0.1, 0.15) is 35.1 Å². The Hall–Kier alpha value is -3.20. The third kappa shape index (κ3) is 4.82. The van der Waals surface area contributed by atoms with Crippen LogP contribution in [0.2, 0.25) is 0 Å². The van der Waals surface area contributed by atoms with Crippen LogP contribution in [-0.4, -0.2) is 40.9 Å². The Labute approximate surface area is 202 Å². The van der Waals surface area contributed by atoms with Crippen LogP contribution in [0.4, 0.5) is 29.1 Å². The largest absolute Gasteiger partial charge is 0.416 e. The highest BCUT2D eigenvalue weighted by molar-refractivity contribution is 5.55. The summed E-state index contributed by atoms with van der Waals surface area (Å²) >= 11 is 0. The van der Waals surface area contributed by atoms with Gasteiger partial charge in [0.25, 0.3) is 0 Å². The first kappa shape index (κ1) is 23.5. The fourth-order valence-corrected chi connectivity index (χ4v) is 5.28. The number of rotatable bonds is 4. The molecule has 0 radical (unpaired) electrons. The summed E-state index contributed by atoms with van der Waals surface area (Å²) in [6, 6.07) is 12.9. The van der Waals surface area contributed by atoms with E-state index in [1.165, 1.54) is 18.2 Å². The van der Waals surface area contributed by atoms with Gasteiger partial charge in [0, 0.05) is 37.8 Å².